The second-order valence-electron chi connectivity index (χ2n) is 7.45. The van der Waals surface area contributed by atoms with Gasteiger partial charge in [-0.05, 0) is 60.2 Å². The summed E-state index contributed by atoms with van der Waals surface area (Å²) in [6.07, 6.45) is -1.86. The van der Waals surface area contributed by atoms with Gasteiger partial charge in [-0.15, -0.1) is 0 Å². The van der Waals surface area contributed by atoms with E-state index in [0.717, 1.165) is 12.1 Å². The molecule has 7 nitrogen and oxygen atoms in total. The van der Waals surface area contributed by atoms with E-state index in [1.807, 2.05) is 0 Å². The Kier molecular flexibility index (Phi) is 8.95. The van der Waals surface area contributed by atoms with Gasteiger partial charge in [0.05, 0.1) is 27.4 Å². The van der Waals surface area contributed by atoms with Crippen molar-refractivity contribution in [2.24, 2.45) is 5.10 Å². The molecule has 0 aliphatic carbocycles. The smallest absolute Gasteiger partial charge is 0.416 e. The van der Waals surface area contributed by atoms with Gasteiger partial charge in [0.15, 0.2) is 0 Å². The zero-order valence-corrected chi connectivity index (χ0v) is 20.7. The number of hydrazone groups is 1. The Morgan fingerprint density at radius 2 is 1.76 bits per heavy atom. The van der Waals surface area contributed by atoms with Crippen LogP contribution in [0, 0.1) is 0 Å². The molecule has 1 N–H and O–H groups in total. The minimum Gasteiger partial charge on any atom is -0.490 e. The molecule has 194 valence electrons. The number of rotatable bonds is 10. The summed E-state index contributed by atoms with van der Waals surface area (Å²) in [5.41, 5.74) is 1.15. The zero-order valence-electron chi connectivity index (χ0n) is 19.2. The molecule has 3 aromatic rings. The second kappa shape index (κ2) is 11.9. The van der Waals surface area contributed by atoms with E-state index in [0.29, 0.717) is 28.3 Å². The highest BCUT2D eigenvalue weighted by Gasteiger charge is 2.34. The monoisotopic (exact) mass is 551 g/mol. The van der Waals surface area contributed by atoms with Gasteiger partial charge in [-0.2, -0.15) is 18.3 Å². The number of ether oxygens (including phenoxy) is 1. The molecule has 0 heterocycles. The van der Waals surface area contributed by atoms with Crippen LogP contribution >= 0.6 is 11.6 Å². The van der Waals surface area contributed by atoms with Crippen molar-refractivity contribution in [2.45, 2.75) is 11.1 Å². The molecule has 0 aliphatic rings. The van der Waals surface area contributed by atoms with Crippen LogP contribution in [0.15, 0.2) is 95.4 Å². The SMILES string of the molecule is C=CCOc1ccc(/C=N/NC(=O)CN(c2cc(C(F)(F)F)ccc2Cl)S(=O)(=O)c2ccccc2)cc1. The number of nitrogens with zero attached hydrogens (tertiary/aromatic N) is 2. The molecule has 0 unspecified atom stereocenters. The minimum absolute atomic E-state index is 0.237. The number of anilines is 1. The highest BCUT2D eigenvalue weighted by Crippen LogP contribution is 2.37. The van der Waals surface area contributed by atoms with E-state index in [4.69, 9.17) is 16.3 Å². The predicted octanol–water partition coefficient (Wildman–Crippen LogP) is 5.27. The Morgan fingerprint density at radius 1 is 1.08 bits per heavy atom. The predicted molar refractivity (Wildman–Crippen MR) is 135 cm³/mol. The van der Waals surface area contributed by atoms with Crippen LogP contribution in [0.25, 0.3) is 0 Å². The Balaban J connectivity index is 1.86. The first kappa shape index (κ1) is 27.8. The van der Waals surface area contributed by atoms with E-state index in [-0.39, 0.29) is 9.92 Å². The number of benzene rings is 3. The number of nitrogens with one attached hydrogen (secondary N) is 1. The fourth-order valence-corrected chi connectivity index (χ4v) is 4.77. The maximum Gasteiger partial charge on any atom is 0.416 e. The molecule has 0 saturated heterocycles. The fourth-order valence-electron chi connectivity index (χ4n) is 3.05. The number of carbonyl (C=O) groups excluding carboxylic acids is 1. The number of hydrogen-bond donors (Lipinski definition) is 1. The number of carbonyl (C=O) groups is 1. The summed E-state index contributed by atoms with van der Waals surface area (Å²) in [4.78, 5) is 12.4. The average molecular weight is 552 g/mol. The molecule has 3 rings (SSSR count). The molecular formula is C25H21ClF3N3O4S. The molecule has 0 spiro atoms. The van der Waals surface area contributed by atoms with Crippen LogP contribution in [0.1, 0.15) is 11.1 Å². The van der Waals surface area contributed by atoms with Crippen molar-refractivity contribution in [1.29, 1.82) is 0 Å². The highest BCUT2D eigenvalue weighted by atomic mass is 35.5. The third-order valence-electron chi connectivity index (χ3n) is 4.81. The lowest BCUT2D eigenvalue weighted by Crippen LogP contribution is -2.40. The summed E-state index contributed by atoms with van der Waals surface area (Å²) < 4.78 is 72.6. The molecule has 3 aromatic carbocycles. The molecular weight excluding hydrogens is 531 g/mol. The van der Waals surface area contributed by atoms with Crippen molar-refractivity contribution in [3.63, 3.8) is 0 Å². The van der Waals surface area contributed by atoms with Gasteiger partial charge in [0, 0.05) is 0 Å². The van der Waals surface area contributed by atoms with Crippen molar-refractivity contribution >= 4 is 39.4 Å². The van der Waals surface area contributed by atoms with Crippen molar-refractivity contribution in [3.05, 3.63) is 102 Å². The van der Waals surface area contributed by atoms with Crippen LogP contribution in [0.2, 0.25) is 5.02 Å². The summed E-state index contributed by atoms with van der Waals surface area (Å²) in [6.45, 7) is 3.01. The van der Waals surface area contributed by atoms with E-state index in [1.54, 1.807) is 36.4 Å². The van der Waals surface area contributed by atoms with Gasteiger partial charge in [-0.25, -0.2) is 13.8 Å². The first-order valence-electron chi connectivity index (χ1n) is 10.6. The van der Waals surface area contributed by atoms with Crippen LogP contribution in [-0.4, -0.2) is 33.7 Å². The number of halogens is 4. The molecule has 0 atom stereocenters. The van der Waals surface area contributed by atoms with E-state index in [9.17, 15) is 26.4 Å². The summed E-state index contributed by atoms with van der Waals surface area (Å²) >= 11 is 6.10. The highest BCUT2D eigenvalue weighted by molar-refractivity contribution is 7.92. The van der Waals surface area contributed by atoms with Crippen LogP contribution in [0.5, 0.6) is 5.75 Å². The average Bonchev–Trinajstić information content (AvgIpc) is 2.87. The molecule has 0 bridgehead atoms. The lowest BCUT2D eigenvalue weighted by molar-refractivity contribution is -0.137. The van der Waals surface area contributed by atoms with Crippen molar-refractivity contribution in [1.82, 2.24) is 5.43 Å². The largest absolute Gasteiger partial charge is 0.490 e. The summed E-state index contributed by atoms with van der Waals surface area (Å²) in [7, 11) is -4.48. The van der Waals surface area contributed by atoms with Gasteiger partial charge in [0.2, 0.25) is 0 Å². The molecule has 0 fully saturated rings. The third-order valence-corrected chi connectivity index (χ3v) is 6.90. The Labute approximate surface area is 216 Å². The van der Waals surface area contributed by atoms with E-state index in [2.05, 4.69) is 17.1 Å². The third kappa shape index (κ3) is 7.34. The number of alkyl halides is 3. The Morgan fingerprint density at radius 3 is 2.38 bits per heavy atom. The molecule has 0 radical (unpaired) electrons. The first-order valence-corrected chi connectivity index (χ1v) is 12.4. The van der Waals surface area contributed by atoms with Crippen molar-refractivity contribution in [3.8, 4) is 5.75 Å². The normalized spacial score (nSPS) is 11.8. The maximum atomic E-state index is 13.3. The Bertz CT molecular complexity index is 1380. The number of amides is 1. The summed E-state index contributed by atoms with van der Waals surface area (Å²) in [5, 5.41) is 3.51. The molecule has 0 aliphatic heterocycles. The standard InChI is InChI=1S/C25H21ClF3N3O4S/c1-2-14-36-20-11-8-18(9-12-20)16-30-31-24(33)17-32(37(34,35)21-6-4-3-5-7-21)23-15-19(25(27,28)29)10-13-22(23)26/h2-13,15-16H,1,14,17H2,(H,31,33)/b30-16+. The van der Waals surface area contributed by atoms with Crippen molar-refractivity contribution in [2.75, 3.05) is 17.5 Å². The van der Waals surface area contributed by atoms with Gasteiger partial charge in [0.1, 0.15) is 18.9 Å². The van der Waals surface area contributed by atoms with Crippen LogP contribution in [0.4, 0.5) is 18.9 Å². The quantitative estimate of drug-likeness (QED) is 0.211. The lowest BCUT2D eigenvalue weighted by atomic mass is 10.2. The van der Waals surface area contributed by atoms with Crippen LogP contribution < -0.4 is 14.5 Å². The van der Waals surface area contributed by atoms with Gasteiger partial charge in [0.25, 0.3) is 15.9 Å². The van der Waals surface area contributed by atoms with Gasteiger partial charge < -0.3 is 4.74 Å². The minimum atomic E-state index is -4.76. The Hall–Kier alpha value is -3.83. The molecule has 0 aromatic heterocycles. The van der Waals surface area contributed by atoms with Crippen LogP contribution in [-0.2, 0) is 21.0 Å². The number of hydrogen-bond acceptors (Lipinski definition) is 5. The first-order chi connectivity index (χ1) is 17.5. The zero-order chi connectivity index (χ0) is 27.1. The van der Waals surface area contributed by atoms with Gasteiger partial charge in [-0.3, -0.25) is 9.10 Å². The van der Waals surface area contributed by atoms with Crippen LogP contribution in [0.3, 0.4) is 0 Å². The lowest BCUT2D eigenvalue weighted by Gasteiger charge is -2.25. The summed E-state index contributed by atoms with van der Waals surface area (Å²) in [6, 6.07) is 15.9. The summed E-state index contributed by atoms with van der Waals surface area (Å²) in [5.74, 6) is -0.309. The maximum absolute atomic E-state index is 13.3. The fraction of sp³-hybridized carbons (Fsp3) is 0.120. The molecule has 1 amide bonds. The molecule has 37 heavy (non-hydrogen) atoms. The number of sulfonamides is 1. The molecule has 0 saturated carbocycles. The van der Waals surface area contributed by atoms with Crippen molar-refractivity contribution < 1.29 is 31.1 Å². The topological polar surface area (TPSA) is 88.1 Å². The van der Waals surface area contributed by atoms with Gasteiger partial charge in [-0.1, -0.05) is 42.5 Å². The van der Waals surface area contributed by atoms with E-state index < -0.39 is 39.9 Å². The van der Waals surface area contributed by atoms with E-state index >= 15 is 0 Å². The molecule has 12 heteroatoms. The second-order valence-corrected chi connectivity index (χ2v) is 9.72. The van der Waals surface area contributed by atoms with E-state index in [1.165, 1.54) is 30.5 Å². The van der Waals surface area contributed by atoms with Gasteiger partial charge >= 0.3 is 6.18 Å².